The third kappa shape index (κ3) is 7.92. The van der Waals surface area contributed by atoms with Crippen molar-refractivity contribution in [3.8, 4) is 5.75 Å². The SMILES string of the molecule is CCCCOc1cccc(C(=O)NC(=S)Nc2ccc(NC(=O)c3ccc(C(C)(C)C)cc3)cc2)c1. The molecule has 2 amide bonds. The molecule has 7 heteroatoms. The van der Waals surface area contributed by atoms with Crippen LogP contribution in [0.15, 0.2) is 72.8 Å². The normalized spacial score (nSPS) is 10.9. The number of ether oxygens (including phenoxy) is 1. The Balaban J connectivity index is 1.52. The molecule has 6 nitrogen and oxygen atoms in total. The van der Waals surface area contributed by atoms with Crippen LogP contribution in [0.1, 0.15) is 66.8 Å². The molecule has 0 heterocycles. The molecule has 0 saturated carbocycles. The Hall–Kier alpha value is -3.71. The zero-order valence-electron chi connectivity index (χ0n) is 21.2. The van der Waals surface area contributed by atoms with Gasteiger partial charge in [0, 0.05) is 22.5 Å². The van der Waals surface area contributed by atoms with E-state index in [1.807, 2.05) is 30.3 Å². The number of carbonyl (C=O) groups is 2. The molecule has 3 aromatic rings. The van der Waals surface area contributed by atoms with Crippen molar-refractivity contribution in [1.29, 1.82) is 0 Å². The number of unbranched alkanes of at least 4 members (excludes halogenated alkanes) is 1. The van der Waals surface area contributed by atoms with Gasteiger partial charge in [0.25, 0.3) is 11.8 Å². The molecule has 188 valence electrons. The molecule has 36 heavy (non-hydrogen) atoms. The summed E-state index contributed by atoms with van der Waals surface area (Å²) in [5.74, 6) is 0.146. The highest BCUT2D eigenvalue weighted by molar-refractivity contribution is 7.80. The smallest absolute Gasteiger partial charge is 0.257 e. The van der Waals surface area contributed by atoms with Gasteiger partial charge in [-0.05, 0) is 84.2 Å². The van der Waals surface area contributed by atoms with Gasteiger partial charge in [-0.25, -0.2) is 0 Å². The largest absolute Gasteiger partial charge is 0.494 e. The summed E-state index contributed by atoms with van der Waals surface area (Å²) in [6.07, 6.45) is 2.00. The molecule has 0 saturated heterocycles. The summed E-state index contributed by atoms with van der Waals surface area (Å²) in [6, 6.07) is 21.7. The molecule has 0 atom stereocenters. The Morgan fingerprint density at radius 3 is 2.08 bits per heavy atom. The summed E-state index contributed by atoms with van der Waals surface area (Å²) in [7, 11) is 0. The minimum atomic E-state index is -0.324. The molecule has 3 aromatic carbocycles. The van der Waals surface area contributed by atoms with Gasteiger partial charge < -0.3 is 15.4 Å². The minimum Gasteiger partial charge on any atom is -0.494 e. The Kier molecular flexibility index (Phi) is 9.19. The number of rotatable bonds is 8. The average molecular weight is 504 g/mol. The standard InChI is InChI=1S/C29H33N3O3S/c1-5-6-18-35-25-9-7-8-21(19-25)27(34)32-28(36)31-24-16-14-23(15-17-24)30-26(33)20-10-12-22(13-11-20)29(2,3)4/h7-17,19H,5-6,18H2,1-4H3,(H,30,33)(H2,31,32,34,36). The molecule has 0 unspecified atom stereocenters. The Morgan fingerprint density at radius 1 is 0.833 bits per heavy atom. The first-order valence-corrected chi connectivity index (χ1v) is 12.4. The van der Waals surface area contributed by atoms with Crippen LogP contribution in [0.4, 0.5) is 11.4 Å². The maximum absolute atomic E-state index is 12.6. The molecule has 0 aliphatic rings. The van der Waals surface area contributed by atoms with Gasteiger partial charge in [-0.2, -0.15) is 0 Å². The van der Waals surface area contributed by atoms with Gasteiger partial charge in [0.1, 0.15) is 5.75 Å². The first-order valence-electron chi connectivity index (χ1n) is 12.0. The van der Waals surface area contributed by atoms with E-state index >= 15 is 0 Å². The molecule has 0 radical (unpaired) electrons. The molecular weight excluding hydrogens is 470 g/mol. The zero-order chi connectivity index (χ0) is 26.1. The number of anilines is 2. The zero-order valence-corrected chi connectivity index (χ0v) is 22.0. The van der Waals surface area contributed by atoms with Crippen molar-refractivity contribution >= 4 is 40.5 Å². The lowest BCUT2D eigenvalue weighted by molar-refractivity contribution is 0.0976. The lowest BCUT2D eigenvalue weighted by Gasteiger charge is -2.19. The van der Waals surface area contributed by atoms with Crippen LogP contribution >= 0.6 is 12.2 Å². The third-order valence-corrected chi connectivity index (χ3v) is 5.71. The van der Waals surface area contributed by atoms with Crippen LogP contribution in [-0.4, -0.2) is 23.5 Å². The summed E-state index contributed by atoms with van der Waals surface area (Å²) in [4.78, 5) is 25.2. The highest BCUT2D eigenvalue weighted by atomic mass is 32.1. The molecule has 0 aromatic heterocycles. The van der Waals surface area contributed by atoms with Crippen LogP contribution in [0, 0.1) is 0 Å². The van der Waals surface area contributed by atoms with Crippen LogP contribution < -0.4 is 20.7 Å². The maximum Gasteiger partial charge on any atom is 0.257 e. The van der Waals surface area contributed by atoms with E-state index in [1.54, 1.807) is 42.5 Å². The van der Waals surface area contributed by atoms with Gasteiger partial charge in [0.05, 0.1) is 6.61 Å². The molecule has 0 spiro atoms. The quantitative estimate of drug-likeness (QED) is 0.240. The summed E-state index contributed by atoms with van der Waals surface area (Å²) in [6.45, 7) is 9.11. The van der Waals surface area contributed by atoms with E-state index in [0.717, 1.165) is 12.8 Å². The van der Waals surface area contributed by atoms with Crippen LogP contribution in [-0.2, 0) is 5.41 Å². The first-order chi connectivity index (χ1) is 17.2. The highest BCUT2D eigenvalue weighted by Crippen LogP contribution is 2.23. The number of hydrogen-bond donors (Lipinski definition) is 3. The van der Waals surface area contributed by atoms with E-state index in [9.17, 15) is 9.59 Å². The van der Waals surface area contributed by atoms with Crippen LogP contribution in [0.5, 0.6) is 5.75 Å². The Bertz CT molecular complexity index is 1200. The van der Waals surface area contributed by atoms with Gasteiger partial charge in [-0.15, -0.1) is 0 Å². The number of nitrogens with one attached hydrogen (secondary N) is 3. The van der Waals surface area contributed by atoms with E-state index < -0.39 is 0 Å². The lowest BCUT2D eigenvalue weighted by atomic mass is 9.87. The van der Waals surface area contributed by atoms with Crippen molar-refractivity contribution in [3.63, 3.8) is 0 Å². The Labute approximate surface area is 218 Å². The molecule has 0 aliphatic heterocycles. The summed E-state index contributed by atoms with van der Waals surface area (Å²) in [5.41, 5.74) is 3.59. The van der Waals surface area contributed by atoms with Crippen molar-refractivity contribution in [2.24, 2.45) is 0 Å². The fraction of sp³-hybridized carbons (Fsp3) is 0.276. The second-order valence-electron chi connectivity index (χ2n) is 9.50. The van der Waals surface area contributed by atoms with Gasteiger partial charge >= 0.3 is 0 Å². The van der Waals surface area contributed by atoms with Crippen molar-refractivity contribution < 1.29 is 14.3 Å². The lowest BCUT2D eigenvalue weighted by Crippen LogP contribution is -2.34. The molecule has 0 fully saturated rings. The van der Waals surface area contributed by atoms with Crippen LogP contribution in [0.25, 0.3) is 0 Å². The topological polar surface area (TPSA) is 79.5 Å². The van der Waals surface area contributed by atoms with Crippen LogP contribution in [0.3, 0.4) is 0 Å². The molecule has 0 aliphatic carbocycles. The van der Waals surface area contributed by atoms with Crippen LogP contribution in [0.2, 0.25) is 0 Å². The summed E-state index contributed by atoms with van der Waals surface area (Å²) in [5, 5.41) is 8.73. The number of thiocarbonyl (C=S) groups is 1. The maximum atomic E-state index is 12.6. The molecule has 3 rings (SSSR count). The number of amides is 2. The third-order valence-electron chi connectivity index (χ3n) is 5.50. The molecular formula is C29H33N3O3S. The predicted octanol–water partition coefficient (Wildman–Crippen LogP) is 6.54. The number of hydrogen-bond acceptors (Lipinski definition) is 4. The number of benzene rings is 3. The van der Waals surface area contributed by atoms with E-state index in [1.165, 1.54) is 5.56 Å². The minimum absolute atomic E-state index is 0.0323. The van der Waals surface area contributed by atoms with E-state index in [4.69, 9.17) is 17.0 Å². The summed E-state index contributed by atoms with van der Waals surface area (Å²) < 4.78 is 5.66. The predicted molar refractivity (Wildman–Crippen MR) is 150 cm³/mol. The van der Waals surface area contributed by atoms with Gasteiger partial charge in [-0.3, -0.25) is 14.9 Å². The fourth-order valence-electron chi connectivity index (χ4n) is 3.36. The van der Waals surface area contributed by atoms with Gasteiger partial charge in [0.2, 0.25) is 0 Å². The number of carbonyl (C=O) groups excluding carboxylic acids is 2. The van der Waals surface area contributed by atoms with E-state index in [-0.39, 0.29) is 22.3 Å². The van der Waals surface area contributed by atoms with Crippen molar-refractivity contribution in [2.75, 3.05) is 17.2 Å². The fourth-order valence-corrected chi connectivity index (χ4v) is 3.57. The second-order valence-corrected chi connectivity index (χ2v) is 9.91. The monoisotopic (exact) mass is 503 g/mol. The molecule has 3 N–H and O–H groups in total. The van der Waals surface area contributed by atoms with E-state index in [0.29, 0.717) is 34.9 Å². The molecule has 0 bridgehead atoms. The Morgan fingerprint density at radius 2 is 1.47 bits per heavy atom. The van der Waals surface area contributed by atoms with Crippen molar-refractivity contribution in [2.45, 2.75) is 46.0 Å². The van der Waals surface area contributed by atoms with Gasteiger partial charge in [0.15, 0.2) is 5.11 Å². The second kappa shape index (κ2) is 12.3. The van der Waals surface area contributed by atoms with Crippen molar-refractivity contribution in [3.05, 3.63) is 89.5 Å². The highest BCUT2D eigenvalue weighted by Gasteiger charge is 2.14. The van der Waals surface area contributed by atoms with E-state index in [2.05, 4.69) is 43.6 Å². The average Bonchev–Trinajstić information content (AvgIpc) is 2.85. The van der Waals surface area contributed by atoms with Gasteiger partial charge in [-0.1, -0.05) is 52.3 Å². The van der Waals surface area contributed by atoms with Crippen molar-refractivity contribution in [1.82, 2.24) is 5.32 Å². The first kappa shape index (κ1) is 26.9. The summed E-state index contributed by atoms with van der Waals surface area (Å²) >= 11 is 5.29.